The van der Waals surface area contributed by atoms with Crippen LogP contribution in [0.5, 0.6) is 5.75 Å². The second kappa shape index (κ2) is 6.63. The van der Waals surface area contributed by atoms with Crippen molar-refractivity contribution in [2.75, 3.05) is 7.11 Å². The van der Waals surface area contributed by atoms with Crippen molar-refractivity contribution in [1.29, 1.82) is 0 Å². The van der Waals surface area contributed by atoms with Gasteiger partial charge in [0.2, 0.25) is 0 Å². The Labute approximate surface area is 178 Å². The molecule has 160 valence electrons. The standard InChI is InChI=1S/C23H23N3O5/c1-4-23(29)16-8-18-20-14(9-26(18)21(27)15(16)10-31-22(23)28)19(11(2)24)13-6-5-12(30-3)7-17(13)25-20/h5-8,11,29H,4,9-10,24H2,1-3H3/t11-,23-/m0/s1. The topological polar surface area (TPSA) is 117 Å². The van der Waals surface area contributed by atoms with Crippen LogP contribution in [-0.4, -0.2) is 27.7 Å². The molecule has 31 heavy (non-hydrogen) atoms. The Bertz CT molecular complexity index is 1330. The largest absolute Gasteiger partial charge is 0.497 e. The number of carbonyl (C=O) groups is 1. The number of esters is 1. The fourth-order valence-electron chi connectivity index (χ4n) is 4.74. The number of fused-ring (bicyclic) bond motifs is 5. The number of aliphatic hydroxyl groups is 1. The third-order valence-electron chi connectivity index (χ3n) is 6.40. The summed E-state index contributed by atoms with van der Waals surface area (Å²) in [6.07, 6.45) is 0.0992. The maximum atomic E-state index is 13.3. The van der Waals surface area contributed by atoms with Crippen LogP contribution in [0.4, 0.5) is 0 Å². The van der Waals surface area contributed by atoms with Crippen LogP contribution in [-0.2, 0) is 28.3 Å². The van der Waals surface area contributed by atoms with E-state index >= 15 is 0 Å². The molecule has 0 saturated heterocycles. The summed E-state index contributed by atoms with van der Waals surface area (Å²) in [5.74, 6) is -0.0722. The summed E-state index contributed by atoms with van der Waals surface area (Å²) < 4.78 is 12.1. The van der Waals surface area contributed by atoms with Crippen LogP contribution in [0.1, 0.15) is 48.6 Å². The monoisotopic (exact) mass is 421 g/mol. The molecule has 0 radical (unpaired) electrons. The minimum absolute atomic E-state index is 0.0992. The van der Waals surface area contributed by atoms with Gasteiger partial charge >= 0.3 is 5.97 Å². The van der Waals surface area contributed by atoms with Gasteiger partial charge in [-0.15, -0.1) is 0 Å². The van der Waals surface area contributed by atoms with Crippen molar-refractivity contribution < 1.29 is 19.4 Å². The minimum atomic E-state index is -1.85. The highest BCUT2D eigenvalue weighted by molar-refractivity contribution is 5.90. The summed E-state index contributed by atoms with van der Waals surface area (Å²) in [6, 6.07) is 7.04. The number of cyclic esters (lactones) is 1. The van der Waals surface area contributed by atoms with E-state index in [-0.39, 0.29) is 24.6 Å². The Hall–Kier alpha value is -3.23. The molecule has 0 fully saturated rings. The first kappa shape index (κ1) is 19.7. The molecule has 2 aromatic heterocycles. The number of benzene rings is 1. The lowest BCUT2D eigenvalue weighted by atomic mass is 9.86. The second-order valence-electron chi connectivity index (χ2n) is 8.13. The number of pyridine rings is 2. The van der Waals surface area contributed by atoms with Crippen molar-refractivity contribution in [3.8, 4) is 17.1 Å². The summed E-state index contributed by atoms with van der Waals surface area (Å²) in [6.45, 7) is 3.75. The molecule has 8 heteroatoms. The second-order valence-corrected chi connectivity index (χ2v) is 8.13. The zero-order valence-corrected chi connectivity index (χ0v) is 17.6. The summed E-state index contributed by atoms with van der Waals surface area (Å²) in [7, 11) is 1.59. The van der Waals surface area contributed by atoms with Gasteiger partial charge in [0.25, 0.3) is 5.56 Å². The van der Waals surface area contributed by atoms with Gasteiger partial charge in [-0.2, -0.15) is 0 Å². The first-order valence-electron chi connectivity index (χ1n) is 10.2. The number of carbonyl (C=O) groups excluding carboxylic acids is 1. The molecule has 2 atom stereocenters. The maximum absolute atomic E-state index is 13.3. The van der Waals surface area contributed by atoms with E-state index in [2.05, 4.69) is 0 Å². The van der Waals surface area contributed by atoms with Crippen molar-refractivity contribution >= 4 is 16.9 Å². The fraction of sp³-hybridized carbons (Fsp3) is 0.348. The molecular weight excluding hydrogens is 398 g/mol. The number of methoxy groups -OCH3 is 1. The average molecular weight is 421 g/mol. The van der Waals surface area contributed by atoms with Gasteiger partial charge in [0, 0.05) is 28.6 Å². The molecule has 8 nitrogen and oxygen atoms in total. The molecule has 2 aliphatic heterocycles. The molecule has 0 amide bonds. The molecular formula is C23H23N3O5. The Morgan fingerprint density at radius 1 is 1.32 bits per heavy atom. The molecule has 0 spiro atoms. The Morgan fingerprint density at radius 3 is 2.77 bits per heavy atom. The first-order valence-corrected chi connectivity index (χ1v) is 10.2. The Kier molecular flexibility index (Phi) is 4.22. The number of aromatic nitrogens is 2. The normalized spacial score (nSPS) is 20.1. The molecule has 3 aromatic rings. The van der Waals surface area contributed by atoms with Crippen molar-refractivity contribution in [1.82, 2.24) is 9.55 Å². The van der Waals surface area contributed by atoms with E-state index in [0.717, 1.165) is 16.5 Å². The van der Waals surface area contributed by atoms with Gasteiger partial charge < -0.3 is 24.9 Å². The molecule has 4 heterocycles. The third-order valence-corrected chi connectivity index (χ3v) is 6.40. The summed E-state index contributed by atoms with van der Waals surface area (Å²) in [5, 5.41) is 11.9. The highest BCUT2D eigenvalue weighted by atomic mass is 16.6. The fourth-order valence-corrected chi connectivity index (χ4v) is 4.74. The number of nitrogens with two attached hydrogens (primary N) is 1. The number of hydrogen-bond acceptors (Lipinski definition) is 7. The van der Waals surface area contributed by atoms with Gasteiger partial charge in [0.15, 0.2) is 5.60 Å². The molecule has 0 aliphatic carbocycles. The Morgan fingerprint density at radius 2 is 2.10 bits per heavy atom. The molecule has 0 bridgehead atoms. The predicted octanol–water partition coefficient (Wildman–Crippen LogP) is 2.11. The molecule has 3 N–H and O–H groups in total. The van der Waals surface area contributed by atoms with Gasteiger partial charge in [-0.05, 0) is 37.1 Å². The zero-order valence-electron chi connectivity index (χ0n) is 17.6. The average Bonchev–Trinajstić information content (AvgIpc) is 3.12. The maximum Gasteiger partial charge on any atom is 0.343 e. The van der Waals surface area contributed by atoms with E-state index in [1.54, 1.807) is 24.7 Å². The van der Waals surface area contributed by atoms with E-state index in [1.807, 2.05) is 25.1 Å². The minimum Gasteiger partial charge on any atom is -0.497 e. The van der Waals surface area contributed by atoms with Crippen LogP contribution >= 0.6 is 0 Å². The van der Waals surface area contributed by atoms with Gasteiger partial charge in [0.05, 0.1) is 36.1 Å². The van der Waals surface area contributed by atoms with Crippen molar-refractivity contribution in [3.05, 3.63) is 56.9 Å². The lowest BCUT2D eigenvalue weighted by Gasteiger charge is -2.31. The van der Waals surface area contributed by atoms with Gasteiger partial charge in [-0.1, -0.05) is 6.92 Å². The van der Waals surface area contributed by atoms with Crippen LogP contribution in [0.2, 0.25) is 0 Å². The van der Waals surface area contributed by atoms with Gasteiger partial charge in [0.1, 0.15) is 12.4 Å². The molecule has 5 rings (SSSR count). The SMILES string of the molecule is CC[C@@]1(O)C(=O)OCc2c1cc1n(c2=O)Cc2c-1nc1cc(OC)ccc1c2[C@H](C)N. The quantitative estimate of drug-likeness (QED) is 0.487. The smallest absolute Gasteiger partial charge is 0.343 e. The molecule has 0 saturated carbocycles. The van der Waals surface area contributed by atoms with E-state index in [4.69, 9.17) is 20.2 Å². The van der Waals surface area contributed by atoms with Crippen molar-refractivity contribution in [2.45, 2.75) is 45.1 Å². The number of rotatable bonds is 3. The Balaban J connectivity index is 1.84. The lowest BCUT2D eigenvalue weighted by molar-refractivity contribution is -0.172. The lowest BCUT2D eigenvalue weighted by Crippen LogP contribution is -2.44. The summed E-state index contributed by atoms with van der Waals surface area (Å²) in [5.41, 5.74) is 8.49. The summed E-state index contributed by atoms with van der Waals surface area (Å²) in [4.78, 5) is 30.5. The number of hydrogen-bond donors (Lipinski definition) is 2. The van der Waals surface area contributed by atoms with Gasteiger partial charge in [-0.25, -0.2) is 9.78 Å². The highest BCUT2D eigenvalue weighted by Gasteiger charge is 2.45. The van der Waals surface area contributed by atoms with Crippen LogP contribution in [0.25, 0.3) is 22.3 Å². The molecule has 2 aliphatic rings. The van der Waals surface area contributed by atoms with Crippen LogP contribution in [0, 0.1) is 0 Å². The van der Waals surface area contributed by atoms with Crippen LogP contribution < -0.4 is 16.0 Å². The third kappa shape index (κ3) is 2.58. The first-order chi connectivity index (χ1) is 14.8. The van der Waals surface area contributed by atoms with Crippen LogP contribution in [0.3, 0.4) is 0 Å². The van der Waals surface area contributed by atoms with E-state index in [9.17, 15) is 14.7 Å². The van der Waals surface area contributed by atoms with E-state index < -0.39 is 11.6 Å². The number of nitrogens with zero attached hydrogens (tertiary/aromatic N) is 2. The van der Waals surface area contributed by atoms with Crippen LogP contribution in [0.15, 0.2) is 29.1 Å². The zero-order chi connectivity index (χ0) is 22.1. The predicted molar refractivity (Wildman–Crippen MR) is 114 cm³/mol. The molecule has 1 aromatic carbocycles. The van der Waals surface area contributed by atoms with E-state index in [1.165, 1.54) is 0 Å². The van der Waals surface area contributed by atoms with E-state index in [0.29, 0.717) is 40.3 Å². The number of ether oxygens (including phenoxy) is 2. The van der Waals surface area contributed by atoms with Gasteiger partial charge in [-0.3, -0.25) is 4.79 Å². The van der Waals surface area contributed by atoms with Crippen molar-refractivity contribution in [2.24, 2.45) is 5.73 Å². The summed E-state index contributed by atoms with van der Waals surface area (Å²) >= 11 is 0. The van der Waals surface area contributed by atoms with Crippen molar-refractivity contribution in [3.63, 3.8) is 0 Å². The highest BCUT2D eigenvalue weighted by Crippen LogP contribution is 2.41. The molecule has 0 unspecified atom stereocenters.